The van der Waals surface area contributed by atoms with E-state index in [0.717, 1.165) is 47.9 Å². The SMILES string of the molecule is Cc1cc(C)c(C)c(OCC(=O)N(Cc2ccc(Cl)c(Cl)c2)C(C)C(=O)NC2CCCCC2)c1. The zero-order valence-corrected chi connectivity index (χ0v) is 21.9. The van der Waals surface area contributed by atoms with Gasteiger partial charge in [-0.1, -0.05) is 54.6 Å². The maximum atomic E-state index is 13.4. The van der Waals surface area contributed by atoms with Crippen LogP contribution >= 0.6 is 23.2 Å². The van der Waals surface area contributed by atoms with Gasteiger partial charge in [0.1, 0.15) is 11.8 Å². The van der Waals surface area contributed by atoms with Crippen LogP contribution < -0.4 is 10.1 Å². The molecule has 0 aliphatic heterocycles. The number of aryl methyl sites for hydroxylation is 2. The van der Waals surface area contributed by atoms with Gasteiger partial charge < -0.3 is 15.0 Å². The van der Waals surface area contributed by atoms with E-state index < -0.39 is 6.04 Å². The molecular formula is C27H34Cl2N2O3. The van der Waals surface area contributed by atoms with Crippen molar-refractivity contribution in [3.05, 3.63) is 62.6 Å². The van der Waals surface area contributed by atoms with E-state index in [0.29, 0.717) is 15.8 Å². The Bertz CT molecular complexity index is 1030. The molecule has 1 saturated carbocycles. The summed E-state index contributed by atoms with van der Waals surface area (Å²) < 4.78 is 5.93. The Balaban J connectivity index is 1.77. The van der Waals surface area contributed by atoms with Crippen molar-refractivity contribution in [2.24, 2.45) is 0 Å². The van der Waals surface area contributed by atoms with Gasteiger partial charge in [0.15, 0.2) is 6.61 Å². The largest absolute Gasteiger partial charge is 0.483 e. The number of benzene rings is 2. The topological polar surface area (TPSA) is 58.6 Å². The number of hydrogen-bond donors (Lipinski definition) is 1. The summed E-state index contributed by atoms with van der Waals surface area (Å²) in [5.41, 5.74) is 3.97. The molecule has 0 bridgehead atoms. The van der Waals surface area contributed by atoms with E-state index >= 15 is 0 Å². The maximum Gasteiger partial charge on any atom is 0.261 e. The Morgan fingerprint density at radius 3 is 2.44 bits per heavy atom. The van der Waals surface area contributed by atoms with Crippen molar-refractivity contribution in [1.29, 1.82) is 0 Å². The van der Waals surface area contributed by atoms with E-state index in [-0.39, 0.29) is 31.0 Å². The van der Waals surface area contributed by atoms with Crippen LogP contribution in [0.3, 0.4) is 0 Å². The third-order valence-electron chi connectivity index (χ3n) is 6.57. The fourth-order valence-electron chi connectivity index (χ4n) is 4.36. The van der Waals surface area contributed by atoms with Gasteiger partial charge in [0.25, 0.3) is 5.91 Å². The highest BCUT2D eigenvalue weighted by Crippen LogP contribution is 2.25. The Labute approximate surface area is 212 Å². The van der Waals surface area contributed by atoms with Crippen LogP contribution in [0.1, 0.15) is 61.3 Å². The van der Waals surface area contributed by atoms with Crippen LogP contribution in [0.2, 0.25) is 10.0 Å². The van der Waals surface area contributed by atoms with Gasteiger partial charge in [0.2, 0.25) is 5.91 Å². The Morgan fingerprint density at radius 2 is 1.76 bits per heavy atom. The summed E-state index contributed by atoms with van der Waals surface area (Å²) >= 11 is 12.3. The second-order valence-corrected chi connectivity index (χ2v) is 10.1. The first-order chi connectivity index (χ1) is 16.2. The molecule has 2 amide bonds. The van der Waals surface area contributed by atoms with Crippen LogP contribution in [0.5, 0.6) is 5.75 Å². The molecule has 1 aliphatic carbocycles. The number of ether oxygens (including phenoxy) is 1. The monoisotopic (exact) mass is 504 g/mol. The normalized spacial score (nSPS) is 15.0. The molecule has 0 aromatic heterocycles. The third kappa shape index (κ3) is 6.89. The van der Waals surface area contributed by atoms with Gasteiger partial charge in [0.05, 0.1) is 10.0 Å². The van der Waals surface area contributed by atoms with Crippen LogP contribution in [-0.2, 0) is 16.1 Å². The highest BCUT2D eigenvalue weighted by atomic mass is 35.5. The van der Waals surface area contributed by atoms with Gasteiger partial charge in [-0.2, -0.15) is 0 Å². The van der Waals surface area contributed by atoms with E-state index in [2.05, 4.69) is 11.4 Å². The minimum absolute atomic E-state index is 0.150. The quantitative estimate of drug-likeness (QED) is 0.467. The maximum absolute atomic E-state index is 13.4. The average Bonchev–Trinajstić information content (AvgIpc) is 2.81. The molecule has 1 aliphatic rings. The fraction of sp³-hybridized carbons (Fsp3) is 0.481. The molecule has 2 aromatic rings. The summed E-state index contributed by atoms with van der Waals surface area (Å²) in [6.45, 7) is 7.81. The lowest BCUT2D eigenvalue weighted by Gasteiger charge is -2.31. The molecule has 1 N–H and O–H groups in total. The molecule has 1 unspecified atom stereocenters. The number of amides is 2. The van der Waals surface area contributed by atoms with E-state index in [9.17, 15) is 9.59 Å². The number of nitrogens with zero attached hydrogens (tertiary/aromatic N) is 1. The van der Waals surface area contributed by atoms with Crippen LogP contribution in [0.4, 0.5) is 0 Å². The van der Waals surface area contributed by atoms with Crippen molar-refractivity contribution in [2.75, 3.05) is 6.61 Å². The molecule has 0 radical (unpaired) electrons. The average molecular weight is 505 g/mol. The van der Waals surface area contributed by atoms with Gasteiger partial charge in [-0.25, -0.2) is 0 Å². The van der Waals surface area contributed by atoms with Crippen molar-refractivity contribution in [2.45, 2.75) is 78.4 Å². The summed E-state index contributed by atoms with van der Waals surface area (Å²) in [6.07, 6.45) is 5.41. The van der Waals surface area contributed by atoms with Gasteiger partial charge >= 0.3 is 0 Å². The van der Waals surface area contributed by atoms with Gasteiger partial charge in [-0.05, 0) is 81.0 Å². The zero-order chi connectivity index (χ0) is 24.8. The first-order valence-electron chi connectivity index (χ1n) is 11.9. The van der Waals surface area contributed by atoms with Crippen LogP contribution in [-0.4, -0.2) is 35.4 Å². The Hall–Kier alpha value is -2.24. The molecular weight excluding hydrogens is 471 g/mol. The van der Waals surface area contributed by atoms with Gasteiger partial charge in [-0.3, -0.25) is 9.59 Å². The van der Waals surface area contributed by atoms with Crippen LogP contribution in [0.25, 0.3) is 0 Å². The second kappa shape index (κ2) is 11.9. The van der Waals surface area contributed by atoms with Crippen molar-refractivity contribution < 1.29 is 14.3 Å². The molecule has 1 atom stereocenters. The number of hydrogen-bond acceptors (Lipinski definition) is 3. The van der Waals surface area contributed by atoms with Gasteiger partial charge in [-0.15, -0.1) is 0 Å². The first-order valence-corrected chi connectivity index (χ1v) is 12.7. The highest BCUT2D eigenvalue weighted by Gasteiger charge is 2.28. The minimum Gasteiger partial charge on any atom is -0.483 e. The molecule has 5 nitrogen and oxygen atoms in total. The molecule has 7 heteroatoms. The standard InChI is InChI=1S/C27H34Cl2N2O3/c1-17-12-18(2)19(3)25(13-17)34-16-26(32)31(15-21-10-11-23(28)24(29)14-21)20(4)27(33)30-22-8-6-5-7-9-22/h10-14,20,22H,5-9,15-16H2,1-4H3,(H,30,33). The Morgan fingerprint density at radius 1 is 1.06 bits per heavy atom. The summed E-state index contributed by atoms with van der Waals surface area (Å²) in [7, 11) is 0. The van der Waals surface area contributed by atoms with Crippen LogP contribution in [0.15, 0.2) is 30.3 Å². The molecule has 184 valence electrons. The number of halogens is 2. The van der Waals surface area contributed by atoms with Crippen molar-refractivity contribution in [3.8, 4) is 5.75 Å². The zero-order valence-electron chi connectivity index (χ0n) is 20.4. The van der Waals surface area contributed by atoms with Crippen molar-refractivity contribution in [1.82, 2.24) is 10.2 Å². The lowest BCUT2D eigenvalue weighted by Crippen LogP contribution is -2.51. The summed E-state index contributed by atoms with van der Waals surface area (Å²) in [6, 6.07) is 8.76. The molecule has 1 fully saturated rings. The minimum atomic E-state index is -0.659. The lowest BCUT2D eigenvalue weighted by atomic mass is 9.95. The molecule has 0 saturated heterocycles. The molecule has 34 heavy (non-hydrogen) atoms. The van der Waals surface area contributed by atoms with Crippen molar-refractivity contribution >= 4 is 35.0 Å². The Kier molecular flexibility index (Phi) is 9.26. The number of carbonyl (C=O) groups is 2. The molecule has 0 spiro atoms. The van der Waals surface area contributed by atoms with E-state index in [4.69, 9.17) is 27.9 Å². The van der Waals surface area contributed by atoms with Crippen molar-refractivity contribution in [3.63, 3.8) is 0 Å². The molecule has 2 aromatic carbocycles. The van der Waals surface area contributed by atoms with E-state index in [1.165, 1.54) is 6.42 Å². The molecule has 0 heterocycles. The smallest absolute Gasteiger partial charge is 0.261 e. The summed E-state index contributed by atoms with van der Waals surface area (Å²) in [5, 5.41) is 3.99. The number of rotatable bonds is 8. The first kappa shape index (κ1) is 26.4. The van der Waals surface area contributed by atoms with E-state index in [1.807, 2.05) is 32.9 Å². The number of carbonyl (C=O) groups excluding carboxylic acids is 2. The van der Waals surface area contributed by atoms with E-state index in [1.54, 1.807) is 24.0 Å². The van der Waals surface area contributed by atoms with Crippen LogP contribution in [0, 0.1) is 20.8 Å². The predicted molar refractivity (Wildman–Crippen MR) is 138 cm³/mol. The van der Waals surface area contributed by atoms with Gasteiger partial charge in [0, 0.05) is 12.6 Å². The lowest BCUT2D eigenvalue weighted by molar-refractivity contribution is -0.142. The predicted octanol–water partition coefficient (Wildman–Crippen LogP) is 6.16. The summed E-state index contributed by atoms with van der Waals surface area (Å²) in [5.74, 6) is 0.262. The third-order valence-corrected chi connectivity index (χ3v) is 7.31. The molecule has 3 rings (SSSR count). The second-order valence-electron chi connectivity index (χ2n) is 9.28. The number of nitrogens with one attached hydrogen (secondary N) is 1. The summed E-state index contributed by atoms with van der Waals surface area (Å²) in [4.78, 5) is 28.0. The fourth-order valence-corrected chi connectivity index (χ4v) is 4.68. The highest BCUT2D eigenvalue weighted by molar-refractivity contribution is 6.42.